The van der Waals surface area contributed by atoms with E-state index in [1.165, 1.54) is 14.0 Å². The predicted octanol–water partition coefficient (Wildman–Crippen LogP) is -0.321. The van der Waals surface area contributed by atoms with Crippen molar-refractivity contribution in [3.05, 3.63) is 0 Å². The summed E-state index contributed by atoms with van der Waals surface area (Å²) in [4.78, 5) is 22.2. The van der Waals surface area contributed by atoms with E-state index in [2.05, 4.69) is 15.4 Å². The van der Waals surface area contributed by atoms with Crippen LogP contribution in [0.5, 0.6) is 0 Å². The van der Waals surface area contributed by atoms with Crippen LogP contribution in [0.1, 0.15) is 20.8 Å². The first-order valence-electron chi connectivity index (χ1n) is 5.64. The summed E-state index contributed by atoms with van der Waals surface area (Å²) >= 11 is 0. The molecule has 0 aliphatic rings. The third kappa shape index (κ3) is 8.65. The first kappa shape index (κ1) is 15.9. The predicted molar refractivity (Wildman–Crippen MR) is 63.6 cm³/mol. The summed E-state index contributed by atoms with van der Waals surface area (Å²) in [6, 6.07) is -0.656. The van der Waals surface area contributed by atoms with Gasteiger partial charge in [-0.3, -0.25) is 4.79 Å². The molecule has 0 saturated carbocycles. The Morgan fingerprint density at radius 3 is 2.41 bits per heavy atom. The summed E-state index contributed by atoms with van der Waals surface area (Å²) in [6.07, 6.45) is 0.184. The van der Waals surface area contributed by atoms with Gasteiger partial charge >= 0.3 is 5.97 Å². The van der Waals surface area contributed by atoms with Gasteiger partial charge in [-0.25, -0.2) is 4.79 Å². The molecule has 0 fully saturated rings. The average molecular weight is 246 g/mol. The fraction of sp³-hybridized carbons (Fsp3) is 0.818. The molecule has 6 heteroatoms. The van der Waals surface area contributed by atoms with Gasteiger partial charge in [0.2, 0.25) is 5.91 Å². The molecule has 0 saturated heterocycles. The van der Waals surface area contributed by atoms with Gasteiger partial charge in [-0.05, 0) is 13.8 Å². The molecule has 0 bridgehead atoms. The molecular formula is C11H22N2O4. The summed E-state index contributed by atoms with van der Waals surface area (Å²) in [6.45, 7) is 6.77. The number of hydrogen-bond acceptors (Lipinski definition) is 5. The van der Waals surface area contributed by atoms with Gasteiger partial charge in [0.1, 0.15) is 6.04 Å². The van der Waals surface area contributed by atoms with Crippen molar-refractivity contribution in [1.82, 2.24) is 10.6 Å². The Hall–Kier alpha value is -1.14. The largest absolute Gasteiger partial charge is 0.467 e. The van der Waals surface area contributed by atoms with Crippen LogP contribution in [0.3, 0.4) is 0 Å². The molecule has 17 heavy (non-hydrogen) atoms. The van der Waals surface area contributed by atoms with Gasteiger partial charge in [-0.2, -0.15) is 0 Å². The van der Waals surface area contributed by atoms with E-state index in [4.69, 9.17) is 4.74 Å². The van der Waals surface area contributed by atoms with Crippen molar-refractivity contribution in [3.8, 4) is 0 Å². The molecule has 0 aliphatic carbocycles. The van der Waals surface area contributed by atoms with Crippen LogP contribution in [-0.4, -0.2) is 50.8 Å². The van der Waals surface area contributed by atoms with Crippen LogP contribution < -0.4 is 10.6 Å². The summed E-state index contributed by atoms with van der Waals surface area (Å²) < 4.78 is 9.91. The SMILES string of the molecule is COC(=O)C(CNCCOC(C)C)NC(C)=O. The Morgan fingerprint density at radius 1 is 1.29 bits per heavy atom. The number of carbonyl (C=O) groups is 2. The van der Waals surface area contributed by atoms with Crippen LogP contribution in [0.4, 0.5) is 0 Å². The Labute approximate surface area is 102 Å². The fourth-order valence-electron chi connectivity index (χ4n) is 1.19. The molecule has 0 aliphatic heterocycles. The van der Waals surface area contributed by atoms with Crippen LogP contribution in [0.25, 0.3) is 0 Å². The number of rotatable bonds is 8. The standard InChI is InChI=1S/C11H22N2O4/c1-8(2)17-6-5-12-7-10(11(15)16-4)13-9(3)14/h8,10,12H,5-7H2,1-4H3,(H,13,14). The van der Waals surface area contributed by atoms with E-state index in [-0.39, 0.29) is 12.0 Å². The average Bonchev–Trinajstić information content (AvgIpc) is 2.25. The quantitative estimate of drug-likeness (QED) is 0.453. The van der Waals surface area contributed by atoms with E-state index in [9.17, 15) is 9.59 Å². The van der Waals surface area contributed by atoms with Crippen molar-refractivity contribution in [2.45, 2.75) is 32.9 Å². The van der Waals surface area contributed by atoms with E-state index in [1.54, 1.807) is 0 Å². The van der Waals surface area contributed by atoms with Gasteiger partial charge in [0.25, 0.3) is 0 Å². The molecule has 1 amide bonds. The Balaban J connectivity index is 3.84. The van der Waals surface area contributed by atoms with Crippen LogP contribution in [0, 0.1) is 0 Å². The fourth-order valence-corrected chi connectivity index (χ4v) is 1.19. The van der Waals surface area contributed by atoms with Crippen molar-refractivity contribution < 1.29 is 19.1 Å². The topological polar surface area (TPSA) is 76.7 Å². The zero-order valence-electron chi connectivity index (χ0n) is 10.9. The smallest absolute Gasteiger partial charge is 0.329 e. The minimum absolute atomic E-state index is 0.184. The Kier molecular flexibility index (Phi) is 8.35. The van der Waals surface area contributed by atoms with Crippen LogP contribution in [0.2, 0.25) is 0 Å². The van der Waals surface area contributed by atoms with E-state index in [1.807, 2.05) is 13.8 Å². The molecular weight excluding hydrogens is 224 g/mol. The van der Waals surface area contributed by atoms with Crippen molar-refractivity contribution in [2.75, 3.05) is 26.8 Å². The van der Waals surface area contributed by atoms with Gasteiger partial charge in [0.15, 0.2) is 0 Å². The molecule has 0 rings (SSSR count). The monoisotopic (exact) mass is 246 g/mol. The number of ether oxygens (including phenoxy) is 2. The van der Waals surface area contributed by atoms with Crippen molar-refractivity contribution in [3.63, 3.8) is 0 Å². The molecule has 0 heterocycles. The van der Waals surface area contributed by atoms with E-state index < -0.39 is 12.0 Å². The summed E-state index contributed by atoms with van der Waals surface area (Å²) in [7, 11) is 1.29. The molecule has 1 unspecified atom stereocenters. The molecule has 0 aromatic rings. The molecule has 1 atom stereocenters. The highest BCUT2D eigenvalue weighted by atomic mass is 16.5. The lowest BCUT2D eigenvalue weighted by molar-refractivity contribution is -0.144. The Bertz CT molecular complexity index is 244. The number of amides is 1. The molecule has 0 spiro atoms. The number of carbonyl (C=O) groups excluding carboxylic acids is 2. The lowest BCUT2D eigenvalue weighted by Gasteiger charge is -2.16. The number of hydrogen-bond donors (Lipinski definition) is 2. The van der Waals surface area contributed by atoms with Crippen LogP contribution in [0.15, 0.2) is 0 Å². The van der Waals surface area contributed by atoms with Gasteiger partial charge in [-0.1, -0.05) is 0 Å². The van der Waals surface area contributed by atoms with Crippen molar-refractivity contribution in [1.29, 1.82) is 0 Å². The molecule has 100 valence electrons. The maximum Gasteiger partial charge on any atom is 0.329 e. The van der Waals surface area contributed by atoms with Gasteiger partial charge in [-0.15, -0.1) is 0 Å². The minimum Gasteiger partial charge on any atom is -0.467 e. The number of nitrogens with one attached hydrogen (secondary N) is 2. The second-order valence-electron chi connectivity index (χ2n) is 3.90. The first-order chi connectivity index (χ1) is 7.97. The highest BCUT2D eigenvalue weighted by molar-refractivity contribution is 5.83. The summed E-state index contributed by atoms with van der Waals surface area (Å²) in [5.74, 6) is -0.724. The first-order valence-corrected chi connectivity index (χ1v) is 5.64. The van der Waals surface area contributed by atoms with E-state index in [0.29, 0.717) is 19.7 Å². The summed E-state index contributed by atoms with van der Waals surface area (Å²) in [5.41, 5.74) is 0. The second-order valence-corrected chi connectivity index (χ2v) is 3.90. The van der Waals surface area contributed by atoms with Crippen LogP contribution >= 0.6 is 0 Å². The summed E-state index contributed by atoms with van der Waals surface area (Å²) in [5, 5.41) is 5.53. The molecule has 0 aromatic heterocycles. The molecule has 6 nitrogen and oxygen atoms in total. The van der Waals surface area contributed by atoms with Gasteiger partial charge in [0.05, 0.1) is 19.8 Å². The number of esters is 1. The van der Waals surface area contributed by atoms with Gasteiger partial charge < -0.3 is 20.1 Å². The molecule has 0 aromatic carbocycles. The van der Waals surface area contributed by atoms with E-state index >= 15 is 0 Å². The third-order valence-electron chi connectivity index (χ3n) is 1.94. The van der Waals surface area contributed by atoms with Crippen LogP contribution in [-0.2, 0) is 19.1 Å². The lowest BCUT2D eigenvalue weighted by atomic mass is 10.3. The minimum atomic E-state index is -0.656. The number of methoxy groups -OCH3 is 1. The Morgan fingerprint density at radius 2 is 1.94 bits per heavy atom. The lowest BCUT2D eigenvalue weighted by Crippen LogP contribution is -2.47. The van der Waals surface area contributed by atoms with Crippen molar-refractivity contribution in [2.24, 2.45) is 0 Å². The maximum atomic E-state index is 11.3. The normalized spacial score (nSPS) is 12.3. The van der Waals surface area contributed by atoms with Gasteiger partial charge in [0, 0.05) is 20.0 Å². The second kappa shape index (κ2) is 8.95. The molecule has 2 N–H and O–H groups in total. The highest BCUT2D eigenvalue weighted by Gasteiger charge is 2.19. The zero-order valence-corrected chi connectivity index (χ0v) is 10.9. The molecule has 0 radical (unpaired) electrons. The maximum absolute atomic E-state index is 11.3. The third-order valence-corrected chi connectivity index (χ3v) is 1.94. The van der Waals surface area contributed by atoms with E-state index in [0.717, 1.165) is 0 Å². The van der Waals surface area contributed by atoms with Crippen molar-refractivity contribution >= 4 is 11.9 Å². The zero-order chi connectivity index (χ0) is 13.3. The highest BCUT2D eigenvalue weighted by Crippen LogP contribution is 1.88.